The number of carbonyl (C=O) groups excluding carboxylic acids is 2. The van der Waals surface area contributed by atoms with E-state index in [4.69, 9.17) is 11.6 Å². The number of amides is 2. The molecule has 2 amide bonds. The summed E-state index contributed by atoms with van der Waals surface area (Å²) < 4.78 is 0. The van der Waals surface area contributed by atoms with E-state index in [1.165, 1.54) is 4.90 Å². The number of imide groups is 1. The third-order valence-electron chi connectivity index (χ3n) is 4.41. The van der Waals surface area contributed by atoms with E-state index >= 15 is 0 Å². The van der Waals surface area contributed by atoms with Crippen molar-refractivity contribution in [3.63, 3.8) is 0 Å². The van der Waals surface area contributed by atoms with Crippen LogP contribution < -0.4 is 4.90 Å². The minimum absolute atomic E-state index is 0.311. The van der Waals surface area contributed by atoms with Crippen LogP contribution in [0.15, 0.2) is 58.9 Å². The summed E-state index contributed by atoms with van der Waals surface area (Å²) in [6.07, 6.45) is 0. The van der Waals surface area contributed by atoms with Crippen LogP contribution in [0.1, 0.15) is 11.1 Å². The smallest absolute Gasteiger partial charge is 0.263 e. The number of aryl methyl sites for hydroxylation is 1. The summed E-state index contributed by atoms with van der Waals surface area (Å²) in [7, 11) is 0. The van der Waals surface area contributed by atoms with Crippen molar-refractivity contribution in [2.75, 3.05) is 4.90 Å². The first-order chi connectivity index (χ1) is 12.0. The minimum Gasteiger partial charge on any atom is -0.271 e. The standard InChI is InChI=1S/C18H15ClN4O2/c1-11-2-4-12(5-3-11)10-22-16-15(20-21-22)17(24)23(18(16)25)14-8-6-13(19)7-9-14/h2-9,15-16H,10H2,1H3. The first kappa shape index (κ1) is 15.8. The van der Waals surface area contributed by atoms with Crippen molar-refractivity contribution in [1.82, 2.24) is 5.01 Å². The molecule has 7 heteroatoms. The molecule has 2 unspecified atom stereocenters. The van der Waals surface area contributed by atoms with Crippen LogP contribution >= 0.6 is 11.6 Å². The van der Waals surface area contributed by atoms with Crippen molar-refractivity contribution in [2.45, 2.75) is 25.6 Å². The third kappa shape index (κ3) is 2.68. The largest absolute Gasteiger partial charge is 0.271 e. The topological polar surface area (TPSA) is 65.3 Å². The van der Waals surface area contributed by atoms with Crippen LogP contribution in [0.3, 0.4) is 0 Å². The number of rotatable bonds is 3. The predicted molar refractivity (Wildman–Crippen MR) is 93.1 cm³/mol. The van der Waals surface area contributed by atoms with Gasteiger partial charge in [0.2, 0.25) is 0 Å². The van der Waals surface area contributed by atoms with Gasteiger partial charge in [-0.3, -0.25) is 14.6 Å². The molecule has 0 aromatic heterocycles. The van der Waals surface area contributed by atoms with Crippen LogP contribution in [0.2, 0.25) is 5.02 Å². The molecule has 25 heavy (non-hydrogen) atoms. The Morgan fingerprint density at radius 1 is 1.00 bits per heavy atom. The van der Waals surface area contributed by atoms with Crippen molar-refractivity contribution in [1.29, 1.82) is 0 Å². The summed E-state index contributed by atoms with van der Waals surface area (Å²) >= 11 is 5.88. The van der Waals surface area contributed by atoms with Crippen molar-refractivity contribution >= 4 is 29.1 Å². The van der Waals surface area contributed by atoms with Gasteiger partial charge >= 0.3 is 0 Å². The Hall–Kier alpha value is -2.73. The van der Waals surface area contributed by atoms with Gasteiger partial charge in [0.25, 0.3) is 11.8 Å². The molecule has 0 aliphatic carbocycles. The van der Waals surface area contributed by atoms with E-state index in [-0.39, 0.29) is 11.8 Å². The minimum atomic E-state index is -0.784. The van der Waals surface area contributed by atoms with Gasteiger partial charge in [-0.2, -0.15) is 5.11 Å². The molecule has 2 aliphatic rings. The van der Waals surface area contributed by atoms with Gasteiger partial charge in [-0.25, -0.2) is 4.90 Å². The Morgan fingerprint density at radius 3 is 2.36 bits per heavy atom. The van der Waals surface area contributed by atoms with Gasteiger partial charge in [-0.05, 0) is 36.8 Å². The Labute approximate surface area is 149 Å². The van der Waals surface area contributed by atoms with Crippen molar-refractivity contribution < 1.29 is 9.59 Å². The molecule has 2 aromatic rings. The molecular formula is C18H15ClN4O2. The Kier molecular flexibility index (Phi) is 3.77. The number of anilines is 1. The second-order valence-corrected chi connectivity index (χ2v) is 6.60. The SMILES string of the molecule is Cc1ccc(CN2N=NC3C(=O)N(c4ccc(Cl)cc4)C(=O)C32)cc1. The van der Waals surface area contributed by atoms with E-state index in [1.54, 1.807) is 29.3 Å². The number of nitrogens with zero attached hydrogens (tertiary/aromatic N) is 4. The van der Waals surface area contributed by atoms with E-state index in [1.807, 2.05) is 31.2 Å². The fourth-order valence-electron chi connectivity index (χ4n) is 3.08. The highest BCUT2D eigenvalue weighted by atomic mass is 35.5. The Morgan fingerprint density at radius 2 is 1.68 bits per heavy atom. The molecule has 1 saturated heterocycles. The maximum atomic E-state index is 12.8. The summed E-state index contributed by atoms with van der Waals surface area (Å²) in [5.41, 5.74) is 2.67. The Bertz CT molecular complexity index is 864. The van der Waals surface area contributed by atoms with Gasteiger partial charge in [0, 0.05) is 5.02 Å². The molecule has 4 rings (SSSR count). The first-order valence-electron chi connectivity index (χ1n) is 7.91. The number of benzene rings is 2. The van der Waals surface area contributed by atoms with Gasteiger partial charge in [-0.1, -0.05) is 46.7 Å². The van der Waals surface area contributed by atoms with Crippen LogP contribution in [0.4, 0.5) is 5.69 Å². The highest BCUT2D eigenvalue weighted by molar-refractivity contribution is 6.31. The lowest BCUT2D eigenvalue weighted by molar-refractivity contribution is -0.123. The van der Waals surface area contributed by atoms with Crippen LogP contribution in [0.5, 0.6) is 0 Å². The molecule has 0 bridgehead atoms. The van der Waals surface area contributed by atoms with Gasteiger partial charge in [0.15, 0.2) is 12.1 Å². The lowest BCUT2D eigenvalue weighted by atomic mass is 10.1. The fourth-order valence-corrected chi connectivity index (χ4v) is 3.21. The average Bonchev–Trinajstić information content (AvgIpc) is 3.12. The lowest BCUT2D eigenvalue weighted by Crippen LogP contribution is -2.39. The summed E-state index contributed by atoms with van der Waals surface area (Å²) in [5.74, 6) is -0.665. The second kappa shape index (κ2) is 5.97. The van der Waals surface area contributed by atoms with Crippen molar-refractivity contribution in [3.8, 4) is 0 Å². The fraction of sp³-hybridized carbons (Fsp3) is 0.222. The molecule has 6 nitrogen and oxygen atoms in total. The Balaban J connectivity index is 1.59. The summed E-state index contributed by atoms with van der Waals surface area (Å²) in [4.78, 5) is 26.6. The molecule has 0 saturated carbocycles. The highest BCUT2D eigenvalue weighted by Crippen LogP contribution is 2.33. The van der Waals surface area contributed by atoms with E-state index in [0.29, 0.717) is 17.3 Å². The number of hydrogen-bond acceptors (Lipinski definition) is 5. The molecule has 2 aliphatic heterocycles. The zero-order chi connectivity index (χ0) is 17.6. The van der Waals surface area contributed by atoms with Gasteiger partial charge in [0.05, 0.1) is 12.2 Å². The maximum absolute atomic E-state index is 12.8. The summed E-state index contributed by atoms with van der Waals surface area (Å²) in [5, 5.41) is 10.2. The van der Waals surface area contributed by atoms with E-state index in [9.17, 15) is 9.59 Å². The quantitative estimate of drug-likeness (QED) is 0.795. The van der Waals surface area contributed by atoms with Crippen LogP contribution in [0.25, 0.3) is 0 Å². The van der Waals surface area contributed by atoms with Crippen LogP contribution in [-0.2, 0) is 16.1 Å². The molecule has 126 valence electrons. The van der Waals surface area contributed by atoms with E-state index < -0.39 is 12.1 Å². The first-order valence-corrected chi connectivity index (χ1v) is 8.29. The second-order valence-electron chi connectivity index (χ2n) is 6.17. The molecule has 2 heterocycles. The predicted octanol–water partition coefficient (Wildman–Crippen LogP) is 3.14. The molecule has 0 N–H and O–H groups in total. The van der Waals surface area contributed by atoms with E-state index in [2.05, 4.69) is 10.3 Å². The monoisotopic (exact) mass is 354 g/mol. The summed E-state index contributed by atoms with van der Waals surface area (Å²) in [6, 6.07) is 13.1. The average molecular weight is 355 g/mol. The molecule has 0 radical (unpaired) electrons. The highest BCUT2D eigenvalue weighted by Gasteiger charge is 2.54. The van der Waals surface area contributed by atoms with Crippen LogP contribution in [0, 0.1) is 6.92 Å². The van der Waals surface area contributed by atoms with Gasteiger partial charge < -0.3 is 0 Å². The van der Waals surface area contributed by atoms with Gasteiger partial charge in [0.1, 0.15) is 0 Å². The lowest BCUT2D eigenvalue weighted by Gasteiger charge is -2.20. The molecule has 2 aromatic carbocycles. The molecule has 0 spiro atoms. The number of hydrogen-bond donors (Lipinski definition) is 0. The zero-order valence-electron chi connectivity index (χ0n) is 13.5. The number of halogens is 1. The third-order valence-corrected chi connectivity index (χ3v) is 4.66. The molecule has 1 fully saturated rings. The van der Waals surface area contributed by atoms with Crippen LogP contribution in [-0.4, -0.2) is 28.9 Å². The molecule has 2 atom stereocenters. The zero-order valence-corrected chi connectivity index (χ0v) is 14.2. The normalized spacial score (nSPS) is 22.0. The van der Waals surface area contributed by atoms with Gasteiger partial charge in [-0.15, -0.1) is 0 Å². The van der Waals surface area contributed by atoms with E-state index in [0.717, 1.165) is 11.1 Å². The number of fused-ring (bicyclic) bond motifs is 1. The maximum Gasteiger partial charge on any atom is 0.263 e. The van der Waals surface area contributed by atoms with Crippen molar-refractivity contribution in [3.05, 3.63) is 64.7 Å². The summed E-state index contributed by atoms with van der Waals surface area (Å²) in [6.45, 7) is 2.44. The number of carbonyl (C=O) groups is 2. The molecular weight excluding hydrogens is 340 g/mol. The van der Waals surface area contributed by atoms with Crippen molar-refractivity contribution in [2.24, 2.45) is 10.3 Å².